The maximum absolute atomic E-state index is 12.5. The van der Waals surface area contributed by atoms with Crippen molar-refractivity contribution < 1.29 is 14.6 Å². The van der Waals surface area contributed by atoms with Crippen molar-refractivity contribution in [2.24, 2.45) is 0 Å². The number of hydrogen-bond acceptors (Lipinski definition) is 4. The molecule has 1 aromatic carbocycles. The minimum Gasteiger partial charge on any atom is -0.328 e. The molecule has 0 aliphatic carbocycles. The smallest absolute Gasteiger partial charge is 0.269 e. The zero-order valence-corrected chi connectivity index (χ0v) is 15.3. The third-order valence-corrected chi connectivity index (χ3v) is 5.76. The fourth-order valence-corrected chi connectivity index (χ4v) is 4.36. The largest absolute Gasteiger partial charge is 0.328 e. The summed E-state index contributed by atoms with van der Waals surface area (Å²) in [5.41, 5.74) is 0.508. The van der Waals surface area contributed by atoms with Gasteiger partial charge >= 0.3 is 0 Å². The first-order valence-corrected chi connectivity index (χ1v) is 9.25. The number of nitro benzene ring substituents is 1. The summed E-state index contributed by atoms with van der Waals surface area (Å²) in [5.74, 6) is -0.0529. The third kappa shape index (κ3) is 4.00. The molecule has 1 aliphatic rings. The van der Waals surface area contributed by atoms with E-state index in [9.17, 15) is 14.9 Å². The molecule has 126 valence electrons. The lowest BCUT2D eigenvalue weighted by atomic mass is 10.1. The molecule has 6 nitrogen and oxygen atoms in total. The van der Waals surface area contributed by atoms with Gasteiger partial charge in [-0.05, 0) is 40.2 Å². The zero-order valence-electron chi connectivity index (χ0n) is 12.9. The monoisotopic (exact) mass is 410 g/mol. The Morgan fingerprint density at radius 3 is 2.42 bits per heavy atom. The van der Waals surface area contributed by atoms with Crippen LogP contribution in [0.25, 0.3) is 0 Å². The molecule has 1 fully saturated rings. The second-order valence-electron chi connectivity index (χ2n) is 5.73. The van der Waals surface area contributed by atoms with Crippen molar-refractivity contribution >= 4 is 38.9 Å². The summed E-state index contributed by atoms with van der Waals surface area (Å²) < 4.78 is 1.14. The highest BCUT2D eigenvalue weighted by Crippen LogP contribution is 2.21. The number of non-ortho nitro benzene ring substituents is 1. The van der Waals surface area contributed by atoms with E-state index in [1.807, 2.05) is 4.90 Å². The standard InChI is InChI=1S/C16H16BrN3O3S/c17-15-6-5-14(24-15)11-18-7-9-19(10-8-18)16(21)12-1-3-13(4-2-12)20(22)23/h1-6H,7-11H2/p+1. The molecule has 8 heteroatoms. The molecule has 24 heavy (non-hydrogen) atoms. The van der Waals surface area contributed by atoms with Crippen LogP contribution >= 0.6 is 27.3 Å². The summed E-state index contributed by atoms with van der Waals surface area (Å²) in [7, 11) is 0. The number of nitro groups is 1. The number of carbonyl (C=O) groups excluding carboxylic acids is 1. The van der Waals surface area contributed by atoms with Crippen LogP contribution in [-0.4, -0.2) is 41.9 Å². The van der Waals surface area contributed by atoms with Crippen LogP contribution in [0.2, 0.25) is 0 Å². The topological polar surface area (TPSA) is 67.9 Å². The maximum atomic E-state index is 12.5. The fourth-order valence-electron chi connectivity index (χ4n) is 2.80. The molecule has 2 heterocycles. The van der Waals surface area contributed by atoms with E-state index >= 15 is 0 Å². The molecule has 0 saturated carbocycles. The first-order chi connectivity index (χ1) is 11.5. The Kier molecular flexibility index (Phi) is 5.27. The van der Waals surface area contributed by atoms with Crippen LogP contribution in [0.5, 0.6) is 0 Å². The molecule has 1 aliphatic heterocycles. The normalized spacial score (nSPS) is 15.5. The predicted molar refractivity (Wildman–Crippen MR) is 95.4 cm³/mol. The maximum Gasteiger partial charge on any atom is 0.269 e. The van der Waals surface area contributed by atoms with Crippen molar-refractivity contribution in [2.45, 2.75) is 6.54 Å². The average Bonchev–Trinajstić information content (AvgIpc) is 3.00. The van der Waals surface area contributed by atoms with Gasteiger partial charge in [0.25, 0.3) is 11.6 Å². The van der Waals surface area contributed by atoms with Gasteiger partial charge in [0.1, 0.15) is 6.54 Å². The van der Waals surface area contributed by atoms with Crippen LogP contribution in [0.4, 0.5) is 5.69 Å². The molecule has 0 unspecified atom stereocenters. The van der Waals surface area contributed by atoms with E-state index < -0.39 is 4.92 Å². The number of halogens is 1. The Morgan fingerprint density at radius 2 is 1.88 bits per heavy atom. The van der Waals surface area contributed by atoms with Crippen molar-refractivity contribution in [3.05, 3.63) is 60.7 Å². The SMILES string of the molecule is O=C(c1ccc([N+](=O)[O-])cc1)N1CC[NH+](Cc2ccc(Br)s2)CC1. The Morgan fingerprint density at radius 1 is 1.21 bits per heavy atom. The highest BCUT2D eigenvalue weighted by atomic mass is 79.9. The van der Waals surface area contributed by atoms with Gasteiger partial charge in [0, 0.05) is 17.7 Å². The number of carbonyl (C=O) groups is 1. The van der Waals surface area contributed by atoms with E-state index in [0.717, 1.165) is 23.4 Å². The van der Waals surface area contributed by atoms with E-state index in [0.29, 0.717) is 18.7 Å². The summed E-state index contributed by atoms with van der Waals surface area (Å²) in [5, 5.41) is 10.7. The van der Waals surface area contributed by atoms with Gasteiger partial charge in [0.05, 0.1) is 39.8 Å². The van der Waals surface area contributed by atoms with Gasteiger partial charge < -0.3 is 9.80 Å². The van der Waals surface area contributed by atoms with Gasteiger partial charge in [-0.3, -0.25) is 14.9 Å². The van der Waals surface area contributed by atoms with Crippen molar-refractivity contribution in [1.82, 2.24) is 4.90 Å². The van der Waals surface area contributed by atoms with Crippen LogP contribution in [-0.2, 0) is 6.54 Å². The summed E-state index contributed by atoms with van der Waals surface area (Å²) >= 11 is 5.23. The lowest BCUT2D eigenvalue weighted by Gasteiger charge is -2.32. The minimum absolute atomic E-state index is 0.00271. The van der Waals surface area contributed by atoms with Gasteiger partial charge in [0.2, 0.25) is 0 Å². The average molecular weight is 411 g/mol. The first-order valence-electron chi connectivity index (χ1n) is 7.64. The number of nitrogens with zero attached hydrogens (tertiary/aromatic N) is 2. The Hall–Kier alpha value is -1.77. The minimum atomic E-state index is -0.459. The van der Waals surface area contributed by atoms with Crippen LogP contribution in [0, 0.1) is 10.1 Å². The Balaban J connectivity index is 1.55. The van der Waals surface area contributed by atoms with E-state index in [-0.39, 0.29) is 11.6 Å². The van der Waals surface area contributed by atoms with Crippen LogP contribution in [0.1, 0.15) is 15.2 Å². The quantitative estimate of drug-likeness (QED) is 0.618. The van der Waals surface area contributed by atoms with Crippen molar-refractivity contribution in [3.8, 4) is 0 Å². The Labute approximate surface area is 152 Å². The second-order valence-corrected chi connectivity index (χ2v) is 8.28. The highest BCUT2D eigenvalue weighted by molar-refractivity contribution is 9.11. The first kappa shape index (κ1) is 17.1. The highest BCUT2D eigenvalue weighted by Gasteiger charge is 2.25. The molecule has 0 spiro atoms. The molecule has 1 N–H and O–H groups in total. The van der Waals surface area contributed by atoms with Crippen molar-refractivity contribution in [2.75, 3.05) is 26.2 Å². The number of rotatable bonds is 4. The van der Waals surface area contributed by atoms with Crippen molar-refractivity contribution in [3.63, 3.8) is 0 Å². The third-order valence-electron chi connectivity index (χ3n) is 4.14. The summed E-state index contributed by atoms with van der Waals surface area (Å²) in [6.07, 6.45) is 0. The molecule has 1 saturated heterocycles. The predicted octanol–water partition coefficient (Wildman–Crippen LogP) is 1.96. The number of amides is 1. The summed E-state index contributed by atoms with van der Waals surface area (Å²) in [6.45, 7) is 4.22. The summed E-state index contributed by atoms with van der Waals surface area (Å²) in [4.78, 5) is 27.3. The number of benzene rings is 1. The van der Waals surface area contributed by atoms with Gasteiger partial charge in [-0.25, -0.2) is 0 Å². The molecule has 1 aromatic heterocycles. The number of quaternary nitrogens is 1. The number of nitrogens with one attached hydrogen (secondary N) is 1. The summed E-state index contributed by atoms with van der Waals surface area (Å²) in [6, 6.07) is 10.0. The molecule has 0 atom stereocenters. The molecule has 0 bridgehead atoms. The van der Waals surface area contributed by atoms with E-state index in [2.05, 4.69) is 28.1 Å². The van der Waals surface area contributed by atoms with Crippen LogP contribution < -0.4 is 4.90 Å². The second kappa shape index (κ2) is 7.42. The zero-order chi connectivity index (χ0) is 17.1. The van der Waals surface area contributed by atoms with E-state index in [4.69, 9.17) is 0 Å². The van der Waals surface area contributed by atoms with Gasteiger partial charge in [0.15, 0.2) is 0 Å². The molecular formula is C16H17BrN3O3S+. The molecule has 0 radical (unpaired) electrons. The molecule has 1 amide bonds. The Bertz CT molecular complexity index is 739. The van der Waals surface area contributed by atoms with Crippen LogP contribution in [0.15, 0.2) is 40.2 Å². The van der Waals surface area contributed by atoms with E-state index in [1.165, 1.54) is 34.0 Å². The van der Waals surface area contributed by atoms with E-state index in [1.54, 1.807) is 11.3 Å². The lowest BCUT2D eigenvalue weighted by molar-refractivity contribution is -0.917. The lowest BCUT2D eigenvalue weighted by Crippen LogP contribution is -3.13. The number of hydrogen-bond donors (Lipinski definition) is 1. The number of thiophene rings is 1. The van der Waals surface area contributed by atoms with Crippen molar-refractivity contribution in [1.29, 1.82) is 0 Å². The molecule has 3 rings (SSSR count). The molecular weight excluding hydrogens is 394 g/mol. The molecule has 2 aromatic rings. The number of piperazine rings is 1. The van der Waals surface area contributed by atoms with Crippen LogP contribution in [0.3, 0.4) is 0 Å². The van der Waals surface area contributed by atoms with Gasteiger partial charge in [-0.15, -0.1) is 11.3 Å². The fraction of sp³-hybridized carbons (Fsp3) is 0.312. The van der Waals surface area contributed by atoms with Gasteiger partial charge in [-0.1, -0.05) is 0 Å². The van der Waals surface area contributed by atoms with Gasteiger partial charge in [-0.2, -0.15) is 0 Å².